The molecular formula is C18H20N4O3S. The van der Waals surface area contributed by atoms with E-state index in [-0.39, 0.29) is 12.0 Å². The predicted octanol–water partition coefficient (Wildman–Crippen LogP) is 2.86. The van der Waals surface area contributed by atoms with Crippen molar-refractivity contribution >= 4 is 32.6 Å². The molecule has 3 heterocycles. The van der Waals surface area contributed by atoms with Crippen LogP contribution in [0.15, 0.2) is 30.5 Å². The van der Waals surface area contributed by atoms with Crippen LogP contribution in [-0.4, -0.2) is 47.0 Å². The fourth-order valence-corrected chi connectivity index (χ4v) is 4.09. The van der Waals surface area contributed by atoms with Gasteiger partial charge in [0.1, 0.15) is 11.3 Å². The van der Waals surface area contributed by atoms with Gasteiger partial charge >= 0.3 is 0 Å². The smallest absolute Gasteiger partial charge is 0.280 e. The molecule has 0 N–H and O–H groups in total. The number of aryl methyl sites for hydroxylation is 1. The van der Waals surface area contributed by atoms with Gasteiger partial charge in [0.05, 0.1) is 24.5 Å². The largest absolute Gasteiger partial charge is 0.494 e. The third-order valence-electron chi connectivity index (χ3n) is 4.41. The van der Waals surface area contributed by atoms with E-state index < -0.39 is 0 Å². The van der Waals surface area contributed by atoms with E-state index in [4.69, 9.17) is 9.47 Å². The van der Waals surface area contributed by atoms with Crippen LogP contribution in [-0.2, 0) is 11.8 Å². The van der Waals surface area contributed by atoms with Crippen molar-refractivity contribution in [1.29, 1.82) is 0 Å². The first-order valence-electron chi connectivity index (χ1n) is 8.52. The second-order valence-corrected chi connectivity index (χ2v) is 7.24. The van der Waals surface area contributed by atoms with Crippen LogP contribution in [0.25, 0.3) is 10.2 Å². The van der Waals surface area contributed by atoms with E-state index in [1.165, 1.54) is 11.3 Å². The van der Waals surface area contributed by atoms with Gasteiger partial charge in [-0.05, 0) is 31.0 Å². The van der Waals surface area contributed by atoms with E-state index in [1.54, 1.807) is 36.0 Å². The Hall–Kier alpha value is -2.45. The number of aromatic nitrogens is 3. The molecule has 4 rings (SSSR count). The Morgan fingerprint density at radius 3 is 3.04 bits per heavy atom. The number of anilines is 1. The number of methoxy groups -OCH3 is 1. The first-order valence-corrected chi connectivity index (χ1v) is 9.34. The summed E-state index contributed by atoms with van der Waals surface area (Å²) in [5, 5.41) is 4.89. The molecule has 0 unspecified atom stereocenters. The van der Waals surface area contributed by atoms with Crippen molar-refractivity contribution in [3.8, 4) is 5.75 Å². The number of nitrogens with zero attached hydrogens (tertiary/aromatic N) is 4. The minimum Gasteiger partial charge on any atom is -0.494 e. The number of hydrogen-bond acceptors (Lipinski definition) is 6. The van der Waals surface area contributed by atoms with Gasteiger partial charge in [-0.15, -0.1) is 0 Å². The van der Waals surface area contributed by atoms with Crippen molar-refractivity contribution in [2.75, 3.05) is 25.2 Å². The number of fused-ring (bicyclic) bond motifs is 1. The van der Waals surface area contributed by atoms with Crippen molar-refractivity contribution in [3.63, 3.8) is 0 Å². The summed E-state index contributed by atoms with van der Waals surface area (Å²) in [5.74, 6) is 0.534. The van der Waals surface area contributed by atoms with Gasteiger partial charge in [0.15, 0.2) is 10.8 Å². The first-order chi connectivity index (χ1) is 12.7. The lowest BCUT2D eigenvalue weighted by molar-refractivity contribution is 0.0913. The third kappa shape index (κ3) is 3.17. The highest BCUT2D eigenvalue weighted by Crippen LogP contribution is 2.35. The van der Waals surface area contributed by atoms with E-state index in [9.17, 15) is 4.79 Å². The molecule has 0 aliphatic carbocycles. The lowest BCUT2D eigenvalue weighted by Crippen LogP contribution is -2.37. The summed E-state index contributed by atoms with van der Waals surface area (Å²) < 4.78 is 13.8. The van der Waals surface area contributed by atoms with Crippen molar-refractivity contribution in [2.24, 2.45) is 7.05 Å². The standard InChI is InChI=1S/C18H20N4O3S/c1-21-9-8-13(20-21)17(23)22(11-12-5-4-10-25-12)18-19-16-14(24-2)6-3-7-15(16)26-18/h3,6-9,12H,4-5,10-11H2,1-2H3/t12-/m0/s1. The molecule has 7 nitrogen and oxygen atoms in total. The Morgan fingerprint density at radius 1 is 1.46 bits per heavy atom. The molecule has 8 heteroatoms. The monoisotopic (exact) mass is 372 g/mol. The fourth-order valence-electron chi connectivity index (χ4n) is 3.10. The fraction of sp³-hybridized carbons (Fsp3) is 0.389. The predicted molar refractivity (Wildman–Crippen MR) is 100 cm³/mol. The number of benzene rings is 1. The van der Waals surface area contributed by atoms with Gasteiger partial charge < -0.3 is 9.47 Å². The zero-order valence-electron chi connectivity index (χ0n) is 14.7. The summed E-state index contributed by atoms with van der Waals surface area (Å²) in [4.78, 5) is 19.5. The van der Waals surface area contributed by atoms with E-state index in [1.807, 2.05) is 18.2 Å². The molecule has 26 heavy (non-hydrogen) atoms. The van der Waals surface area contributed by atoms with Crippen LogP contribution < -0.4 is 9.64 Å². The lowest BCUT2D eigenvalue weighted by Gasteiger charge is -2.22. The second-order valence-electron chi connectivity index (χ2n) is 6.23. The van der Waals surface area contributed by atoms with Crippen LogP contribution in [0.5, 0.6) is 5.75 Å². The van der Waals surface area contributed by atoms with Crippen LogP contribution >= 0.6 is 11.3 Å². The summed E-state index contributed by atoms with van der Waals surface area (Å²) in [5.41, 5.74) is 1.16. The molecule has 136 valence electrons. The topological polar surface area (TPSA) is 69.5 Å². The van der Waals surface area contributed by atoms with Crippen molar-refractivity contribution in [2.45, 2.75) is 18.9 Å². The highest BCUT2D eigenvalue weighted by atomic mass is 32.1. The number of para-hydroxylation sites is 1. The number of amides is 1. The van der Waals surface area contributed by atoms with Gasteiger partial charge in [-0.2, -0.15) is 5.10 Å². The zero-order valence-corrected chi connectivity index (χ0v) is 15.5. The van der Waals surface area contributed by atoms with E-state index in [0.717, 1.165) is 29.7 Å². The molecule has 1 aliphatic heterocycles. The molecule has 3 aromatic rings. The molecule has 0 saturated carbocycles. The lowest BCUT2D eigenvalue weighted by atomic mass is 10.2. The molecule has 0 spiro atoms. The van der Waals surface area contributed by atoms with Gasteiger partial charge in [0.2, 0.25) is 0 Å². The summed E-state index contributed by atoms with van der Waals surface area (Å²) in [6, 6.07) is 7.50. The Balaban J connectivity index is 1.73. The number of hydrogen-bond donors (Lipinski definition) is 0. The van der Waals surface area contributed by atoms with Crippen LogP contribution in [0, 0.1) is 0 Å². The Kier molecular flexibility index (Phi) is 4.60. The van der Waals surface area contributed by atoms with Gasteiger partial charge in [-0.1, -0.05) is 17.4 Å². The maximum atomic E-state index is 13.1. The maximum Gasteiger partial charge on any atom is 0.280 e. The van der Waals surface area contributed by atoms with E-state index in [0.29, 0.717) is 23.1 Å². The van der Waals surface area contributed by atoms with Crippen molar-refractivity contribution in [3.05, 3.63) is 36.2 Å². The molecule has 1 amide bonds. The SMILES string of the molecule is COc1cccc2sc(N(C[C@@H]3CCCO3)C(=O)c3ccn(C)n3)nc12. The van der Waals surface area contributed by atoms with Gasteiger partial charge in [-0.25, -0.2) is 4.98 Å². The van der Waals surface area contributed by atoms with Crippen molar-refractivity contribution in [1.82, 2.24) is 14.8 Å². The van der Waals surface area contributed by atoms with Crippen LogP contribution in [0.3, 0.4) is 0 Å². The van der Waals surface area contributed by atoms with Gasteiger partial charge in [-0.3, -0.25) is 14.4 Å². The summed E-state index contributed by atoms with van der Waals surface area (Å²) in [6.07, 6.45) is 3.75. The summed E-state index contributed by atoms with van der Waals surface area (Å²) in [6.45, 7) is 1.21. The average molecular weight is 372 g/mol. The minimum absolute atomic E-state index is 0.0246. The Morgan fingerprint density at radius 2 is 2.35 bits per heavy atom. The molecule has 0 radical (unpaired) electrons. The van der Waals surface area contributed by atoms with Crippen LogP contribution in [0.4, 0.5) is 5.13 Å². The molecule has 2 aromatic heterocycles. The Labute approximate surface area is 155 Å². The number of carbonyl (C=O) groups is 1. The van der Waals surface area contributed by atoms with E-state index >= 15 is 0 Å². The van der Waals surface area contributed by atoms with Crippen LogP contribution in [0.2, 0.25) is 0 Å². The maximum absolute atomic E-state index is 13.1. The molecule has 1 atom stereocenters. The Bertz CT molecular complexity index is 930. The number of carbonyl (C=O) groups excluding carboxylic acids is 1. The molecule has 1 aromatic carbocycles. The molecule has 1 fully saturated rings. The van der Waals surface area contributed by atoms with Crippen molar-refractivity contribution < 1.29 is 14.3 Å². The molecular weight excluding hydrogens is 352 g/mol. The summed E-state index contributed by atoms with van der Waals surface area (Å²) >= 11 is 1.47. The number of rotatable bonds is 5. The van der Waals surface area contributed by atoms with E-state index in [2.05, 4.69) is 10.1 Å². The number of ether oxygens (including phenoxy) is 2. The average Bonchev–Trinajstić information content (AvgIpc) is 3.38. The molecule has 1 aliphatic rings. The minimum atomic E-state index is -0.167. The first kappa shape index (κ1) is 17.0. The number of thiazole rings is 1. The zero-order chi connectivity index (χ0) is 18.1. The third-order valence-corrected chi connectivity index (χ3v) is 5.45. The second kappa shape index (κ2) is 7.05. The summed E-state index contributed by atoms with van der Waals surface area (Å²) in [7, 11) is 3.42. The molecule has 0 bridgehead atoms. The van der Waals surface area contributed by atoms with Gasteiger partial charge in [0.25, 0.3) is 5.91 Å². The normalized spacial score (nSPS) is 16.9. The molecule has 1 saturated heterocycles. The van der Waals surface area contributed by atoms with Gasteiger partial charge in [0, 0.05) is 19.9 Å². The highest BCUT2D eigenvalue weighted by Gasteiger charge is 2.28. The highest BCUT2D eigenvalue weighted by molar-refractivity contribution is 7.22. The van der Waals surface area contributed by atoms with Crippen LogP contribution in [0.1, 0.15) is 23.3 Å². The quantitative estimate of drug-likeness (QED) is 0.689.